The molecule has 0 saturated heterocycles. The lowest BCUT2D eigenvalue weighted by Crippen LogP contribution is -2.40. The van der Waals surface area contributed by atoms with Crippen LogP contribution in [0.15, 0.2) is 18.2 Å². The molecule has 0 aromatic heterocycles. The maximum absolute atomic E-state index is 13.2. The Balaban J connectivity index is 2.71. The molecule has 0 aliphatic carbocycles. The van der Waals surface area contributed by atoms with Crippen molar-refractivity contribution < 1.29 is 23.8 Å². The van der Waals surface area contributed by atoms with Crippen LogP contribution in [-0.4, -0.2) is 30.1 Å². The molecule has 2 atom stereocenters. The van der Waals surface area contributed by atoms with Gasteiger partial charge in [0.25, 0.3) is 0 Å². The van der Waals surface area contributed by atoms with Crippen molar-refractivity contribution in [2.45, 2.75) is 26.3 Å². The molecule has 0 bridgehead atoms. The van der Waals surface area contributed by atoms with Crippen molar-refractivity contribution >= 4 is 11.9 Å². The first kappa shape index (κ1) is 15.9. The largest absolute Gasteiger partial charge is 0.496 e. The molecule has 1 aromatic carbocycles. The molecule has 2 unspecified atom stereocenters. The molecule has 0 fully saturated rings. The number of hydrogen-bond acceptors (Lipinski definition) is 3. The second-order valence-electron chi connectivity index (χ2n) is 4.62. The Hall–Kier alpha value is -2.11. The van der Waals surface area contributed by atoms with E-state index in [1.807, 2.05) is 0 Å². The fourth-order valence-electron chi connectivity index (χ4n) is 1.70. The van der Waals surface area contributed by atoms with Gasteiger partial charge >= 0.3 is 5.97 Å². The van der Waals surface area contributed by atoms with E-state index in [-0.39, 0.29) is 12.3 Å². The molecule has 1 amide bonds. The summed E-state index contributed by atoms with van der Waals surface area (Å²) in [6.45, 7) is 3.12. The standard InChI is InChI=1S/C14H18FNO4/c1-8(14(18)19)9(2)16-13(17)7-10-6-11(15)4-5-12(10)20-3/h4-6,8-9H,7H2,1-3H3,(H,16,17)(H,18,19). The van der Waals surface area contributed by atoms with Crippen LogP contribution >= 0.6 is 0 Å². The highest BCUT2D eigenvalue weighted by Crippen LogP contribution is 2.19. The maximum atomic E-state index is 13.2. The highest BCUT2D eigenvalue weighted by Gasteiger charge is 2.21. The summed E-state index contributed by atoms with van der Waals surface area (Å²) < 4.78 is 18.2. The number of hydrogen-bond donors (Lipinski definition) is 2. The molecule has 0 heterocycles. The van der Waals surface area contributed by atoms with Crippen molar-refractivity contribution in [3.05, 3.63) is 29.6 Å². The van der Waals surface area contributed by atoms with Crippen molar-refractivity contribution in [1.29, 1.82) is 0 Å². The van der Waals surface area contributed by atoms with E-state index in [1.165, 1.54) is 32.2 Å². The fraction of sp³-hybridized carbons (Fsp3) is 0.429. The molecule has 0 saturated carbocycles. The lowest BCUT2D eigenvalue weighted by molar-refractivity contribution is -0.142. The Morgan fingerprint density at radius 1 is 1.40 bits per heavy atom. The molecule has 110 valence electrons. The van der Waals surface area contributed by atoms with Crippen molar-refractivity contribution in [2.75, 3.05) is 7.11 Å². The van der Waals surface area contributed by atoms with E-state index >= 15 is 0 Å². The molecular weight excluding hydrogens is 265 g/mol. The monoisotopic (exact) mass is 283 g/mol. The van der Waals surface area contributed by atoms with Crippen LogP contribution in [0.4, 0.5) is 4.39 Å². The van der Waals surface area contributed by atoms with Crippen LogP contribution in [-0.2, 0) is 16.0 Å². The number of rotatable bonds is 6. The van der Waals surface area contributed by atoms with E-state index in [1.54, 1.807) is 6.92 Å². The third-order valence-corrected chi connectivity index (χ3v) is 3.12. The van der Waals surface area contributed by atoms with E-state index in [0.29, 0.717) is 11.3 Å². The van der Waals surface area contributed by atoms with Gasteiger partial charge in [-0.1, -0.05) is 0 Å². The van der Waals surface area contributed by atoms with Crippen LogP contribution < -0.4 is 10.1 Å². The van der Waals surface area contributed by atoms with Gasteiger partial charge in [-0.3, -0.25) is 9.59 Å². The average Bonchev–Trinajstić information content (AvgIpc) is 2.37. The van der Waals surface area contributed by atoms with Crippen LogP contribution in [0.2, 0.25) is 0 Å². The summed E-state index contributed by atoms with van der Waals surface area (Å²) in [6, 6.07) is 3.40. The van der Waals surface area contributed by atoms with Crippen LogP contribution in [0.25, 0.3) is 0 Å². The second kappa shape index (κ2) is 6.88. The molecule has 0 radical (unpaired) electrons. The summed E-state index contributed by atoms with van der Waals surface area (Å²) in [5.74, 6) is -2.11. The summed E-state index contributed by atoms with van der Waals surface area (Å²) in [5, 5.41) is 11.4. The Morgan fingerprint density at radius 3 is 2.60 bits per heavy atom. The number of amides is 1. The topological polar surface area (TPSA) is 75.6 Å². The molecule has 0 spiro atoms. The van der Waals surface area contributed by atoms with Crippen molar-refractivity contribution in [3.63, 3.8) is 0 Å². The molecule has 1 aromatic rings. The summed E-state index contributed by atoms with van der Waals surface area (Å²) in [5.41, 5.74) is 0.417. The Bertz CT molecular complexity index is 504. The van der Waals surface area contributed by atoms with Gasteiger partial charge in [0.2, 0.25) is 5.91 Å². The van der Waals surface area contributed by atoms with E-state index in [0.717, 1.165) is 0 Å². The van der Waals surface area contributed by atoms with Gasteiger partial charge in [0.05, 0.1) is 19.4 Å². The number of ether oxygens (including phenoxy) is 1. The number of carbonyl (C=O) groups excluding carboxylic acids is 1. The summed E-state index contributed by atoms with van der Waals surface area (Å²) in [7, 11) is 1.43. The van der Waals surface area contributed by atoms with Gasteiger partial charge in [0, 0.05) is 11.6 Å². The lowest BCUT2D eigenvalue weighted by atomic mass is 10.0. The first-order valence-corrected chi connectivity index (χ1v) is 6.19. The first-order chi connectivity index (χ1) is 9.35. The van der Waals surface area contributed by atoms with E-state index in [9.17, 15) is 14.0 Å². The van der Waals surface area contributed by atoms with Crippen molar-refractivity contribution in [3.8, 4) is 5.75 Å². The third kappa shape index (κ3) is 4.22. The Kier molecular flexibility index (Phi) is 5.49. The highest BCUT2D eigenvalue weighted by atomic mass is 19.1. The second-order valence-corrected chi connectivity index (χ2v) is 4.62. The molecule has 0 aliphatic heterocycles. The zero-order valence-corrected chi connectivity index (χ0v) is 11.6. The number of halogens is 1. The lowest BCUT2D eigenvalue weighted by Gasteiger charge is -2.18. The minimum absolute atomic E-state index is 0.0718. The Labute approximate surface area is 116 Å². The van der Waals surface area contributed by atoms with Crippen LogP contribution in [0, 0.1) is 11.7 Å². The fourth-order valence-corrected chi connectivity index (χ4v) is 1.70. The van der Waals surface area contributed by atoms with Crippen LogP contribution in [0.5, 0.6) is 5.75 Å². The van der Waals surface area contributed by atoms with Gasteiger partial charge in [-0.2, -0.15) is 0 Å². The summed E-state index contributed by atoms with van der Waals surface area (Å²) in [6.07, 6.45) is -0.0718. The molecule has 2 N–H and O–H groups in total. The van der Waals surface area contributed by atoms with Gasteiger partial charge in [0.15, 0.2) is 0 Å². The van der Waals surface area contributed by atoms with Crippen molar-refractivity contribution in [2.24, 2.45) is 5.92 Å². The van der Waals surface area contributed by atoms with E-state index in [2.05, 4.69) is 5.32 Å². The number of methoxy groups -OCH3 is 1. The smallest absolute Gasteiger partial charge is 0.308 e. The Morgan fingerprint density at radius 2 is 2.05 bits per heavy atom. The van der Waals surface area contributed by atoms with E-state index < -0.39 is 23.7 Å². The van der Waals surface area contributed by atoms with Gasteiger partial charge < -0.3 is 15.2 Å². The zero-order chi connectivity index (χ0) is 15.3. The number of carboxylic acids is 1. The quantitative estimate of drug-likeness (QED) is 0.831. The van der Waals surface area contributed by atoms with Gasteiger partial charge in [-0.05, 0) is 32.0 Å². The number of carboxylic acid groups (broad SMARTS) is 1. The van der Waals surface area contributed by atoms with Gasteiger partial charge in [0.1, 0.15) is 11.6 Å². The van der Waals surface area contributed by atoms with E-state index in [4.69, 9.17) is 9.84 Å². The predicted octanol–water partition coefficient (Wildman–Crippen LogP) is 1.60. The predicted molar refractivity (Wildman–Crippen MR) is 71.1 cm³/mol. The molecule has 6 heteroatoms. The highest BCUT2D eigenvalue weighted by molar-refractivity contribution is 5.80. The van der Waals surface area contributed by atoms with Gasteiger partial charge in [-0.25, -0.2) is 4.39 Å². The molecule has 20 heavy (non-hydrogen) atoms. The summed E-state index contributed by atoms with van der Waals surface area (Å²) >= 11 is 0. The number of aliphatic carboxylic acids is 1. The number of benzene rings is 1. The number of carbonyl (C=O) groups is 2. The molecular formula is C14H18FNO4. The molecule has 0 aliphatic rings. The van der Waals surface area contributed by atoms with Crippen LogP contribution in [0.3, 0.4) is 0 Å². The average molecular weight is 283 g/mol. The van der Waals surface area contributed by atoms with Crippen LogP contribution in [0.1, 0.15) is 19.4 Å². The maximum Gasteiger partial charge on any atom is 0.308 e. The first-order valence-electron chi connectivity index (χ1n) is 6.19. The third-order valence-electron chi connectivity index (χ3n) is 3.12. The van der Waals surface area contributed by atoms with Crippen molar-refractivity contribution in [1.82, 2.24) is 5.32 Å². The minimum atomic E-state index is -0.985. The molecule has 5 nitrogen and oxygen atoms in total. The minimum Gasteiger partial charge on any atom is -0.496 e. The molecule has 1 rings (SSSR count). The summed E-state index contributed by atoms with van der Waals surface area (Å²) in [4.78, 5) is 22.7. The zero-order valence-electron chi connectivity index (χ0n) is 11.6. The van der Waals surface area contributed by atoms with Gasteiger partial charge in [-0.15, -0.1) is 0 Å². The SMILES string of the molecule is COc1ccc(F)cc1CC(=O)NC(C)C(C)C(=O)O. The normalized spacial score (nSPS) is 13.4. The number of nitrogens with one attached hydrogen (secondary N) is 1.